The van der Waals surface area contributed by atoms with Crippen molar-refractivity contribution in [3.63, 3.8) is 0 Å². The number of phenolic OH excluding ortho intramolecular Hbond substituents is 1. The second-order valence-corrected chi connectivity index (χ2v) is 6.78. The number of aromatic hydroxyl groups is 1. The van der Waals surface area contributed by atoms with Crippen LogP contribution >= 0.6 is 0 Å². The first-order valence-corrected chi connectivity index (χ1v) is 9.02. The lowest BCUT2D eigenvalue weighted by Crippen LogP contribution is -2.22. The van der Waals surface area contributed by atoms with Gasteiger partial charge in [-0.1, -0.05) is 12.6 Å². The molecule has 0 saturated heterocycles. The van der Waals surface area contributed by atoms with E-state index in [9.17, 15) is 18.3 Å². The summed E-state index contributed by atoms with van der Waals surface area (Å²) in [5.41, 5.74) is 0. The van der Waals surface area contributed by atoms with E-state index in [1.807, 2.05) is 0 Å². The minimum Gasteiger partial charge on any atom is -0.504 e. The zero-order valence-electron chi connectivity index (χ0n) is 13.4. The van der Waals surface area contributed by atoms with Crippen molar-refractivity contribution in [3.05, 3.63) is 43.0 Å². The fourth-order valence-electron chi connectivity index (χ4n) is 2.21. The van der Waals surface area contributed by atoms with Crippen molar-refractivity contribution >= 4 is 26.8 Å². The van der Waals surface area contributed by atoms with Crippen molar-refractivity contribution in [1.29, 1.82) is 0 Å². The molecule has 0 aliphatic rings. The summed E-state index contributed by atoms with van der Waals surface area (Å²) in [7, 11) is -4.30. The molecule has 8 heteroatoms. The molecule has 0 fully saturated rings. The summed E-state index contributed by atoms with van der Waals surface area (Å²) in [6, 6.07) is 7.05. The Hall–Kier alpha value is -2.58. The third kappa shape index (κ3) is 5.20. The molecule has 0 aromatic heterocycles. The standard InChI is InChI=1S/C17H19NO6S/c1-2-17(20)18-7-3-4-8-24-16-11-12-5-6-14(25(21,22)23)9-13(12)10-15(16)19/h2,5-6,9-11,19H,1,3-4,7-8H2,(H,18,20)(H,21,22,23). The predicted molar refractivity (Wildman–Crippen MR) is 93.4 cm³/mol. The zero-order valence-corrected chi connectivity index (χ0v) is 14.3. The molecule has 0 heterocycles. The van der Waals surface area contributed by atoms with Crippen LogP contribution in [0.3, 0.4) is 0 Å². The van der Waals surface area contributed by atoms with Crippen LogP contribution in [0.2, 0.25) is 0 Å². The van der Waals surface area contributed by atoms with E-state index in [1.54, 1.807) is 6.07 Å². The van der Waals surface area contributed by atoms with Crippen LogP contribution in [0.5, 0.6) is 11.5 Å². The molecule has 0 radical (unpaired) electrons. The Morgan fingerprint density at radius 2 is 1.96 bits per heavy atom. The maximum absolute atomic E-state index is 11.2. The van der Waals surface area contributed by atoms with Gasteiger partial charge < -0.3 is 15.2 Å². The second-order valence-electron chi connectivity index (χ2n) is 5.35. The van der Waals surface area contributed by atoms with Gasteiger partial charge in [0.1, 0.15) is 0 Å². The minimum absolute atomic E-state index is 0.125. The van der Waals surface area contributed by atoms with Gasteiger partial charge in [0, 0.05) is 6.54 Å². The van der Waals surface area contributed by atoms with E-state index in [4.69, 9.17) is 9.29 Å². The summed E-state index contributed by atoms with van der Waals surface area (Å²) < 4.78 is 36.9. The molecule has 134 valence electrons. The Kier molecular flexibility index (Phi) is 6.00. The van der Waals surface area contributed by atoms with E-state index in [-0.39, 0.29) is 22.3 Å². The molecule has 0 aliphatic heterocycles. The molecule has 3 N–H and O–H groups in total. The van der Waals surface area contributed by atoms with Crippen LogP contribution in [0.25, 0.3) is 10.8 Å². The van der Waals surface area contributed by atoms with Crippen LogP contribution in [0.1, 0.15) is 12.8 Å². The maximum atomic E-state index is 11.2. The Balaban J connectivity index is 1.99. The first kappa shape index (κ1) is 18.8. The molecule has 0 aliphatic carbocycles. The van der Waals surface area contributed by atoms with Crippen LogP contribution in [-0.2, 0) is 14.9 Å². The average molecular weight is 365 g/mol. The van der Waals surface area contributed by atoms with Gasteiger partial charge in [-0.05, 0) is 54.0 Å². The van der Waals surface area contributed by atoms with Gasteiger partial charge in [-0.3, -0.25) is 9.35 Å². The number of hydrogen-bond donors (Lipinski definition) is 3. The lowest BCUT2D eigenvalue weighted by molar-refractivity contribution is -0.116. The first-order chi connectivity index (χ1) is 11.8. The Labute approximate surface area is 145 Å². The number of rotatable bonds is 8. The Bertz CT molecular complexity index is 891. The van der Waals surface area contributed by atoms with Crippen molar-refractivity contribution in [2.45, 2.75) is 17.7 Å². The third-order valence-electron chi connectivity index (χ3n) is 3.50. The fraction of sp³-hybridized carbons (Fsp3) is 0.235. The van der Waals surface area contributed by atoms with Gasteiger partial charge >= 0.3 is 0 Å². The van der Waals surface area contributed by atoms with E-state index >= 15 is 0 Å². The number of unbranched alkanes of at least 4 members (excludes halogenated alkanes) is 1. The van der Waals surface area contributed by atoms with Crippen LogP contribution < -0.4 is 10.1 Å². The number of phenols is 1. The van der Waals surface area contributed by atoms with Crippen molar-refractivity contribution in [2.75, 3.05) is 13.2 Å². The molecule has 0 atom stereocenters. The quantitative estimate of drug-likeness (QED) is 0.376. The SMILES string of the molecule is C=CC(=O)NCCCCOc1cc2ccc(S(=O)(=O)O)cc2cc1O. The lowest BCUT2D eigenvalue weighted by atomic mass is 10.1. The molecule has 0 bridgehead atoms. The monoisotopic (exact) mass is 365 g/mol. The van der Waals surface area contributed by atoms with E-state index < -0.39 is 10.1 Å². The summed E-state index contributed by atoms with van der Waals surface area (Å²) in [4.78, 5) is 10.7. The van der Waals surface area contributed by atoms with E-state index in [1.165, 1.54) is 30.3 Å². The highest BCUT2D eigenvalue weighted by molar-refractivity contribution is 7.85. The van der Waals surface area contributed by atoms with Gasteiger partial charge in [0.25, 0.3) is 10.1 Å². The van der Waals surface area contributed by atoms with Crippen molar-refractivity contribution in [1.82, 2.24) is 5.32 Å². The van der Waals surface area contributed by atoms with Crippen LogP contribution in [0, 0.1) is 0 Å². The molecule has 2 aromatic rings. The number of benzene rings is 2. The molecule has 0 spiro atoms. The van der Waals surface area contributed by atoms with Gasteiger partial charge in [-0.15, -0.1) is 0 Å². The van der Waals surface area contributed by atoms with Gasteiger partial charge in [-0.25, -0.2) is 0 Å². The van der Waals surface area contributed by atoms with Crippen molar-refractivity contribution in [3.8, 4) is 11.5 Å². The first-order valence-electron chi connectivity index (χ1n) is 7.58. The predicted octanol–water partition coefficient (Wildman–Crippen LogP) is 2.25. The smallest absolute Gasteiger partial charge is 0.294 e. The van der Waals surface area contributed by atoms with E-state index in [0.29, 0.717) is 36.8 Å². The number of fused-ring (bicyclic) bond motifs is 1. The summed E-state index contributed by atoms with van der Waals surface area (Å²) in [6.45, 7) is 4.22. The van der Waals surface area contributed by atoms with Crippen LogP contribution in [-0.4, -0.2) is 37.1 Å². The highest BCUT2D eigenvalue weighted by atomic mass is 32.2. The Morgan fingerprint density at radius 1 is 1.20 bits per heavy atom. The third-order valence-corrected chi connectivity index (χ3v) is 4.35. The number of carbonyl (C=O) groups is 1. The Morgan fingerprint density at radius 3 is 2.64 bits per heavy atom. The normalized spacial score (nSPS) is 11.2. The average Bonchev–Trinajstić information content (AvgIpc) is 2.56. The second kappa shape index (κ2) is 8.00. The van der Waals surface area contributed by atoms with Crippen LogP contribution in [0.4, 0.5) is 0 Å². The van der Waals surface area contributed by atoms with Gasteiger partial charge in [0.15, 0.2) is 11.5 Å². The van der Waals surface area contributed by atoms with Crippen molar-refractivity contribution < 1.29 is 27.6 Å². The highest BCUT2D eigenvalue weighted by Crippen LogP contribution is 2.32. The zero-order chi connectivity index (χ0) is 18.4. The lowest BCUT2D eigenvalue weighted by Gasteiger charge is -2.10. The summed E-state index contributed by atoms with van der Waals surface area (Å²) in [5, 5.41) is 13.8. The van der Waals surface area contributed by atoms with E-state index in [2.05, 4.69) is 11.9 Å². The number of carbonyl (C=O) groups excluding carboxylic acids is 1. The molecule has 7 nitrogen and oxygen atoms in total. The molecule has 2 aromatic carbocycles. The molecule has 1 amide bonds. The topological polar surface area (TPSA) is 113 Å². The van der Waals surface area contributed by atoms with Gasteiger partial charge in [0.2, 0.25) is 5.91 Å². The number of ether oxygens (including phenoxy) is 1. The summed E-state index contributed by atoms with van der Waals surface area (Å²) >= 11 is 0. The molecule has 0 unspecified atom stereocenters. The fourth-order valence-corrected chi connectivity index (χ4v) is 2.73. The minimum atomic E-state index is -4.30. The molecular weight excluding hydrogens is 346 g/mol. The number of hydrogen-bond acceptors (Lipinski definition) is 5. The van der Waals surface area contributed by atoms with Crippen molar-refractivity contribution in [2.24, 2.45) is 0 Å². The van der Waals surface area contributed by atoms with Gasteiger partial charge in [-0.2, -0.15) is 8.42 Å². The van der Waals surface area contributed by atoms with Crippen LogP contribution in [0.15, 0.2) is 47.9 Å². The molecule has 2 rings (SSSR count). The number of amides is 1. The molecular formula is C17H19NO6S. The molecule has 0 saturated carbocycles. The highest BCUT2D eigenvalue weighted by Gasteiger charge is 2.12. The maximum Gasteiger partial charge on any atom is 0.294 e. The summed E-state index contributed by atoms with van der Waals surface area (Å²) in [6.07, 6.45) is 2.60. The number of nitrogens with one attached hydrogen (secondary N) is 1. The van der Waals surface area contributed by atoms with E-state index in [0.717, 1.165) is 0 Å². The summed E-state index contributed by atoms with van der Waals surface area (Å²) in [5.74, 6) is -0.0699. The largest absolute Gasteiger partial charge is 0.504 e. The molecule has 25 heavy (non-hydrogen) atoms. The van der Waals surface area contributed by atoms with Gasteiger partial charge in [0.05, 0.1) is 11.5 Å².